The maximum atomic E-state index is 11.9. The third kappa shape index (κ3) is 4.58. The Hall–Kier alpha value is -2.34. The first-order chi connectivity index (χ1) is 11.5. The summed E-state index contributed by atoms with van der Waals surface area (Å²) in [5.41, 5.74) is 2.50. The van der Waals surface area contributed by atoms with Crippen LogP contribution in [0.1, 0.15) is 44.0 Å². The highest BCUT2D eigenvalue weighted by molar-refractivity contribution is 5.76. The number of hydrogen-bond donors (Lipinski definition) is 2. The third-order valence-corrected chi connectivity index (χ3v) is 3.89. The van der Waals surface area contributed by atoms with Gasteiger partial charge < -0.3 is 15.0 Å². The molecule has 2 N–H and O–H groups in total. The molecular weight excluding hydrogens is 306 g/mol. The van der Waals surface area contributed by atoms with E-state index in [2.05, 4.69) is 10.3 Å². The number of nitrogens with one attached hydrogen (secondary N) is 2. The van der Waals surface area contributed by atoms with Crippen LogP contribution in [0.2, 0.25) is 0 Å². The Bertz CT molecular complexity index is 716. The van der Waals surface area contributed by atoms with Gasteiger partial charge in [0.25, 0.3) is 0 Å². The molecule has 1 aromatic carbocycles. The Labute approximate surface area is 141 Å². The van der Waals surface area contributed by atoms with Gasteiger partial charge in [-0.15, -0.1) is 0 Å². The van der Waals surface area contributed by atoms with Gasteiger partial charge in [-0.25, -0.2) is 4.79 Å². The van der Waals surface area contributed by atoms with E-state index in [0.717, 1.165) is 23.4 Å². The molecule has 0 fully saturated rings. The molecule has 6 nitrogen and oxygen atoms in total. The van der Waals surface area contributed by atoms with Crippen molar-refractivity contribution in [3.05, 3.63) is 52.2 Å². The number of aromatic amines is 1. The fourth-order valence-corrected chi connectivity index (χ4v) is 2.56. The minimum atomic E-state index is -0.157. The number of carbonyl (C=O) groups is 1. The molecule has 24 heavy (non-hydrogen) atoms. The molecule has 0 saturated heterocycles. The number of rotatable bonds is 8. The Morgan fingerprint density at radius 2 is 2.04 bits per heavy atom. The zero-order valence-electron chi connectivity index (χ0n) is 14.5. The zero-order chi connectivity index (χ0) is 17.5. The molecule has 0 aliphatic heterocycles. The zero-order valence-corrected chi connectivity index (χ0v) is 14.5. The van der Waals surface area contributed by atoms with Crippen molar-refractivity contribution in [1.29, 1.82) is 0 Å². The average Bonchev–Trinajstić information content (AvgIpc) is 2.90. The molecule has 0 unspecified atom stereocenters. The summed E-state index contributed by atoms with van der Waals surface area (Å²) in [5, 5.41) is 2.98. The van der Waals surface area contributed by atoms with Crippen LogP contribution in [0.25, 0.3) is 5.69 Å². The second-order valence-corrected chi connectivity index (χ2v) is 5.75. The van der Waals surface area contributed by atoms with Gasteiger partial charge in [-0.05, 0) is 44.9 Å². The van der Waals surface area contributed by atoms with E-state index in [0.29, 0.717) is 19.6 Å². The molecule has 130 valence electrons. The van der Waals surface area contributed by atoms with Crippen LogP contribution < -0.4 is 11.0 Å². The van der Waals surface area contributed by atoms with E-state index < -0.39 is 0 Å². The lowest BCUT2D eigenvalue weighted by Gasteiger charge is -2.15. The summed E-state index contributed by atoms with van der Waals surface area (Å²) in [6, 6.07) is 7.55. The summed E-state index contributed by atoms with van der Waals surface area (Å²) in [7, 11) is 0. The first kappa shape index (κ1) is 18.0. The highest BCUT2D eigenvalue weighted by atomic mass is 16.5. The minimum absolute atomic E-state index is 0.0176. The average molecular weight is 331 g/mol. The van der Waals surface area contributed by atoms with Crippen LogP contribution >= 0.6 is 0 Å². The van der Waals surface area contributed by atoms with Crippen molar-refractivity contribution < 1.29 is 9.53 Å². The van der Waals surface area contributed by atoms with Crippen molar-refractivity contribution in [3.8, 4) is 5.69 Å². The molecule has 2 rings (SSSR count). The van der Waals surface area contributed by atoms with E-state index in [1.807, 2.05) is 45.0 Å². The summed E-state index contributed by atoms with van der Waals surface area (Å²) in [6.45, 7) is 7.04. The fraction of sp³-hybridized carbons (Fsp3) is 0.444. The monoisotopic (exact) mass is 331 g/mol. The first-order valence-corrected chi connectivity index (χ1v) is 8.27. The minimum Gasteiger partial charge on any atom is -0.382 e. The molecular formula is C18H25N3O3. The maximum absolute atomic E-state index is 11.9. The van der Waals surface area contributed by atoms with Crippen molar-refractivity contribution in [2.24, 2.45) is 0 Å². The molecule has 1 aromatic heterocycles. The second kappa shape index (κ2) is 8.49. The fourth-order valence-electron chi connectivity index (χ4n) is 2.56. The van der Waals surface area contributed by atoms with Crippen LogP contribution in [0.4, 0.5) is 0 Å². The lowest BCUT2D eigenvalue weighted by Crippen LogP contribution is -2.26. The van der Waals surface area contributed by atoms with Crippen LogP contribution in [0.15, 0.2) is 35.3 Å². The Morgan fingerprint density at radius 3 is 2.62 bits per heavy atom. The predicted octanol–water partition coefficient (Wildman–Crippen LogP) is 2.47. The van der Waals surface area contributed by atoms with Crippen molar-refractivity contribution in [3.63, 3.8) is 0 Å². The first-order valence-electron chi connectivity index (χ1n) is 8.27. The number of nitrogens with zero attached hydrogens (tertiary/aromatic N) is 1. The number of ether oxygens (including phenoxy) is 1. The van der Waals surface area contributed by atoms with Crippen LogP contribution in [-0.2, 0) is 9.53 Å². The van der Waals surface area contributed by atoms with E-state index in [-0.39, 0.29) is 17.6 Å². The number of imidazole rings is 1. The summed E-state index contributed by atoms with van der Waals surface area (Å²) in [5.74, 6) is 0.0176. The molecule has 0 saturated carbocycles. The van der Waals surface area contributed by atoms with E-state index in [1.54, 1.807) is 10.8 Å². The predicted molar refractivity (Wildman–Crippen MR) is 93.4 cm³/mol. The van der Waals surface area contributed by atoms with Gasteiger partial charge >= 0.3 is 5.69 Å². The van der Waals surface area contributed by atoms with Gasteiger partial charge in [0.2, 0.25) is 5.91 Å². The van der Waals surface area contributed by atoms with Crippen molar-refractivity contribution in [1.82, 2.24) is 14.9 Å². The van der Waals surface area contributed by atoms with Gasteiger partial charge in [0.15, 0.2) is 0 Å². The normalized spacial score (nSPS) is 12.1. The standard InChI is InChI=1S/C18H25N3O3/c1-4-24-11-5-6-17(22)20-14(3)15-7-9-16(10-8-15)21-13(2)12-19-18(21)23/h7-10,12,14H,4-6,11H2,1-3H3,(H,19,23)(H,20,22)/t14-/m0/s1. The molecule has 1 heterocycles. The number of H-pyrrole nitrogens is 1. The van der Waals surface area contributed by atoms with Crippen LogP contribution in [-0.4, -0.2) is 28.7 Å². The molecule has 0 bridgehead atoms. The van der Waals surface area contributed by atoms with E-state index in [9.17, 15) is 9.59 Å². The quantitative estimate of drug-likeness (QED) is 0.730. The number of amides is 1. The third-order valence-electron chi connectivity index (χ3n) is 3.89. The number of aromatic nitrogens is 2. The number of benzene rings is 1. The lowest BCUT2D eigenvalue weighted by molar-refractivity contribution is -0.122. The Kier molecular flexibility index (Phi) is 6.37. The Morgan fingerprint density at radius 1 is 1.33 bits per heavy atom. The smallest absolute Gasteiger partial charge is 0.330 e. The molecule has 1 atom stereocenters. The highest BCUT2D eigenvalue weighted by Crippen LogP contribution is 2.16. The number of hydrogen-bond acceptors (Lipinski definition) is 3. The van der Waals surface area contributed by atoms with Gasteiger partial charge in [-0.3, -0.25) is 9.36 Å². The van der Waals surface area contributed by atoms with Crippen LogP contribution in [0.5, 0.6) is 0 Å². The largest absolute Gasteiger partial charge is 0.382 e. The maximum Gasteiger partial charge on any atom is 0.330 e. The number of aryl methyl sites for hydroxylation is 1. The van der Waals surface area contributed by atoms with E-state index >= 15 is 0 Å². The summed E-state index contributed by atoms with van der Waals surface area (Å²) < 4.78 is 6.84. The summed E-state index contributed by atoms with van der Waals surface area (Å²) >= 11 is 0. The molecule has 0 aliphatic rings. The van der Waals surface area contributed by atoms with Gasteiger partial charge in [0, 0.05) is 31.5 Å². The molecule has 2 aromatic rings. The second-order valence-electron chi connectivity index (χ2n) is 5.75. The highest BCUT2D eigenvalue weighted by Gasteiger charge is 2.10. The van der Waals surface area contributed by atoms with Crippen LogP contribution in [0.3, 0.4) is 0 Å². The summed E-state index contributed by atoms with van der Waals surface area (Å²) in [4.78, 5) is 26.4. The van der Waals surface area contributed by atoms with Gasteiger partial charge in [0.05, 0.1) is 11.7 Å². The lowest BCUT2D eigenvalue weighted by atomic mass is 10.1. The molecule has 1 amide bonds. The van der Waals surface area contributed by atoms with Crippen molar-refractivity contribution >= 4 is 5.91 Å². The van der Waals surface area contributed by atoms with Crippen LogP contribution in [0, 0.1) is 6.92 Å². The van der Waals surface area contributed by atoms with Crippen molar-refractivity contribution in [2.75, 3.05) is 13.2 Å². The Balaban J connectivity index is 1.95. The van der Waals surface area contributed by atoms with E-state index in [1.165, 1.54) is 0 Å². The van der Waals surface area contributed by atoms with E-state index in [4.69, 9.17) is 4.74 Å². The molecule has 0 spiro atoms. The van der Waals surface area contributed by atoms with Gasteiger partial charge in [-0.2, -0.15) is 0 Å². The summed E-state index contributed by atoms with van der Waals surface area (Å²) in [6.07, 6.45) is 2.86. The SMILES string of the molecule is CCOCCCC(=O)N[C@@H](C)c1ccc(-n2c(C)c[nH]c2=O)cc1. The molecule has 6 heteroatoms. The van der Waals surface area contributed by atoms with Gasteiger partial charge in [-0.1, -0.05) is 12.1 Å². The van der Waals surface area contributed by atoms with Gasteiger partial charge in [0.1, 0.15) is 0 Å². The number of carbonyl (C=O) groups excluding carboxylic acids is 1. The topological polar surface area (TPSA) is 76.1 Å². The molecule has 0 aliphatic carbocycles. The molecule has 0 radical (unpaired) electrons. The van der Waals surface area contributed by atoms with Crippen molar-refractivity contribution in [2.45, 2.75) is 39.7 Å².